The van der Waals surface area contributed by atoms with Gasteiger partial charge in [-0.05, 0) is 38.8 Å². The van der Waals surface area contributed by atoms with Gasteiger partial charge in [0.05, 0.1) is 18.0 Å². The van der Waals surface area contributed by atoms with E-state index in [2.05, 4.69) is 19.1 Å². The molecule has 2 aromatic carbocycles. The van der Waals surface area contributed by atoms with Crippen LogP contribution in [-0.2, 0) is 4.79 Å². The number of anilines is 2. The van der Waals surface area contributed by atoms with Gasteiger partial charge in [-0.15, -0.1) is 11.3 Å². The zero-order valence-corrected chi connectivity index (χ0v) is 18.5. The van der Waals surface area contributed by atoms with Crippen molar-refractivity contribution in [1.29, 1.82) is 0 Å². The van der Waals surface area contributed by atoms with Crippen LogP contribution in [0.1, 0.15) is 43.9 Å². The second-order valence-corrected chi connectivity index (χ2v) is 8.86. The fourth-order valence-electron chi connectivity index (χ4n) is 4.11. The molecule has 1 aromatic heterocycles. The minimum atomic E-state index is 0.0396. The second kappa shape index (κ2) is 9.43. The van der Waals surface area contributed by atoms with E-state index in [1.807, 2.05) is 54.3 Å². The smallest absolute Gasteiger partial charge is 0.236 e. The summed E-state index contributed by atoms with van der Waals surface area (Å²) in [6.07, 6.45) is 5.34. The molecule has 4 nitrogen and oxygen atoms in total. The van der Waals surface area contributed by atoms with Gasteiger partial charge in [0, 0.05) is 16.4 Å². The molecule has 1 amide bonds. The lowest BCUT2D eigenvalue weighted by Gasteiger charge is -2.28. The Balaban J connectivity index is 1.79. The number of ether oxygens (including phenoxy) is 1. The van der Waals surface area contributed by atoms with E-state index >= 15 is 0 Å². The molecule has 30 heavy (non-hydrogen) atoms. The van der Waals surface area contributed by atoms with E-state index in [4.69, 9.17) is 9.72 Å². The molecule has 1 saturated carbocycles. The van der Waals surface area contributed by atoms with Gasteiger partial charge in [-0.3, -0.25) is 9.69 Å². The predicted molar refractivity (Wildman–Crippen MR) is 124 cm³/mol. The van der Waals surface area contributed by atoms with Gasteiger partial charge in [-0.2, -0.15) is 0 Å². The first-order valence-corrected chi connectivity index (χ1v) is 11.6. The molecule has 156 valence electrons. The molecule has 0 bridgehead atoms. The monoisotopic (exact) mass is 420 g/mol. The third-order valence-corrected chi connectivity index (χ3v) is 6.56. The Bertz CT molecular complexity index is 993. The van der Waals surface area contributed by atoms with Gasteiger partial charge in [0.25, 0.3) is 0 Å². The predicted octanol–water partition coefficient (Wildman–Crippen LogP) is 6.76. The van der Waals surface area contributed by atoms with Crippen LogP contribution in [0.15, 0.2) is 54.6 Å². The van der Waals surface area contributed by atoms with Gasteiger partial charge in [0.1, 0.15) is 5.75 Å². The zero-order chi connectivity index (χ0) is 20.9. The number of para-hydroxylation sites is 2. The van der Waals surface area contributed by atoms with Crippen LogP contribution >= 0.6 is 11.3 Å². The topological polar surface area (TPSA) is 42.4 Å². The average molecular weight is 421 g/mol. The highest BCUT2D eigenvalue weighted by Crippen LogP contribution is 2.41. The fraction of sp³-hybridized carbons (Fsp3) is 0.360. The molecule has 0 unspecified atom stereocenters. The summed E-state index contributed by atoms with van der Waals surface area (Å²) in [4.78, 5) is 21.6. The molecule has 1 heterocycles. The minimum absolute atomic E-state index is 0.0396. The first kappa shape index (κ1) is 20.6. The molecule has 0 radical (unpaired) electrons. The van der Waals surface area contributed by atoms with E-state index in [9.17, 15) is 4.79 Å². The number of thiazole rings is 1. The van der Waals surface area contributed by atoms with Crippen molar-refractivity contribution in [2.45, 2.75) is 46.0 Å². The molecule has 0 aliphatic heterocycles. The molecular formula is C25H28N2O2S. The summed E-state index contributed by atoms with van der Waals surface area (Å²) >= 11 is 1.57. The lowest BCUT2D eigenvalue weighted by molar-refractivity contribution is -0.122. The number of carbonyl (C=O) groups is 1. The summed E-state index contributed by atoms with van der Waals surface area (Å²) < 4.78 is 5.88. The van der Waals surface area contributed by atoms with Crippen molar-refractivity contribution in [1.82, 2.24) is 4.98 Å². The van der Waals surface area contributed by atoms with Crippen molar-refractivity contribution in [3.63, 3.8) is 0 Å². The maximum absolute atomic E-state index is 13.7. The Kier molecular flexibility index (Phi) is 6.48. The molecule has 1 fully saturated rings. The lowest BCUT2D eigenvalue weighted by Crippen LogP contribution is -2.33. The minimum Gasteiger partial charge on any atom is -0.492 e. The summed E-state index contributed by atoms with van der Waals surface area (Å²) in [5.41, 5.74) is 2.79. The van der Waals surface area contributed by atoms with Crippen molar-refractivity contribution in [3.8, 4) is 17.0 Å². The summed E-state index contributed by atoms with van der Waals surface area (Å²) in [7, 11) is 0. The zero-order valence-electron chi connectivity index (χ0n) is 17.6. The maximum Gasteiger partial charge on any atom is 0.236 e. The van der Waals surface area contributed by atoms with Crippen LogP contribution in [0.25, 0.3) is 11.3 Å². The van der Waals surface area contributed by atoms with Crippen molar-refractivity contribution in [2.75, 3.05) is 11.5 Å². The van der Waals surface area contributed by atoms with Crippen molar-refractivity contribution >= 4 is 28.1 Å². The molecule has 0 saturated heterocycles. The summed E-state index contributed by atoms with van der Waals surface area (Å²) in [5, 5.41) is 0.717. The van der Waals surface area contributed by atoms with Crippen molar-refractivity contribution < 1.29 is 9.53 Å². The van der Waals surface area contributed by atoms with Crippen LogP contribution in [0.2, 0.25) is 0 Å². The molecule has 0 atom stereocenters. The fourth-order valence-corrected chi connectivity index (χ4v) is 5.06. The molecule has 1 aliphatic rings. The van der Waals surface area contributed by atoms with E-state index in [1.165, 1.54) is 6.42 Å². The number of amides is 1. The normalized spacial score (nSPS) is 14.5. The van der Waals surface area contributed by atoms with Crippen molar-refractivity contribution in [2.24, 2.45) is 5.92 Å². The van der Waals surface area contributed by atoms with E-state index < -0.39 is 0 Å². The Hall–Kier alpha value is -2.66. The Labute approximate surface area is 182 Å². The number of rotatable bonds is 6. The summed E-state index contributed by atoms with van der Waals surface area (Å²) in [5.74, 6) is 0.895. The van der Waals surface area contributed by atoms with Crippen LogP contribution in [0, 0.1) is 12.8 Å². The highest BCUT2D eigenvalue weighted by Gasteiger charge is 2.32. The quantitative estimate of drug-likeness (QED) is 0.442. The maximum atomic E-state index is 13.7. The highest BCUT2D eigenvalue weighted by atomic mass is 32.1. The molecule has 0 spiro atoms. The molecule has 5 heteroatoms. The van der Waals surface area contributed by atoms with Gasteiger partial charge in [0.15, 0.2) is 5.13 Å². The molecule has 3 aromatic rings. The molecule has 1 aliphatic carbocycles. The van der Waals surface area contributed by atoms with E-state index in [1.54, 1.807) is 11.3 Å². The lowest BCUT2D eigenvalue weighted by atomic mass is 9.88. The Morgan fingerprint density at radius 2 is 1.77 bits per heavy atom. The van der Waals surface area contributed by atoms with Gasteiger partial charge in [-0.25, -0.2) is 4.98 Å². The highest BCUT2D eigenvalue weighted by molar-refractivity contribution is 7.16. The number of hydrogen-bond acceptors (Lipinski definition) is 4. The largest absolute Gasteiger partial charge is 0.492 e. The van der Waals surface area contributed by atoms with Gasteiger partial charge in [-0.1, -0.05) is 61.7 Å². The van der Waals surface area contributed by atoms with Crippen LogP contribution < -0.4 is 9.64 Å². The van der Waals surface area contributed by atoms with Gasteiger partial charge in [0.2, 0.25) is 5.91 Å². The number of aryl methyl sites for hydroxylation is 1. The summed E-state index contributed by atoms with van der Waals surface area (Å²) in [6, 6.07) is 18.0. The average Bonchev–Trinajstić information content (AvgIpc) is 3.17. The number of hydrogen-bond donors (Lipinski definition) is 0. The third-order valence-electron chi connectivity index (χ3n) is 5.60. The van der Waals surface area contributed by atoms with Crippen LogP contribution in [-0.4, -0.2) is 17.5 Å². The first-order valence-electron chi connectivity index (χ1n) is 10.8. The molecule has 4 rings (SSSR count). The first-order chi connectivity index (χ1) is 14.7. The van der Waals surface area contributed by atoms with Crippen LogP contribution in [0.5, 0.6) is 5.75 Å². The third kappa shape index (κ3) is 4.26. The number of nitrogens with zero attached hydrogens (tertiary/aromatic N) is 2. The number of benzene rings is 2. The van der Waals surface area contributed by atoms with E-state index in [0.717, 1.165) is 53.3 Å². The van der Waals surface area contributed by atoms with Crippen molar-refractivity contribution in [3.05, 3.63) is 59.5 Å². The van der Waals surface area contributed by atoms with Crippen LogP contribution in [0.3, 0.4) is 0 Å². The Morgan fingerprint density at radius 1 is 1.07 bits per heavy atom. The molecular weight excluding hydrogens is 392 g/mol. The SMILES string of the molecule is CCOc1ccccc1N(C(=O)C1CCCCC1)c1nc(-c2ccccc2)c(C)s1. The van der Waals surface area contributed by atoms with E-state index in [-0.39, 0.29) is 11.8 Å². The number of aromatic nitrogens is 1. The van der Waals surface area contributed by atoms with Gasteiger partial charge >= 0.3 is 0 Å². The van der Waals surface area contributed by atoms with Gasteiger partial charge < -0.3 is 4.74 Å². The summed E-state index contributed by atoms with van der Waals surface area (Å²) in [6.45, 7) is 4.58. The van der Waals surface area contributed by atoms with E-state index in [0.29, 0.717) is 11.7 Å². The van der Waals surface area contributed by atoms with Crippen LogP contribution in [0.4, 0.5) is 10.8 Å². The Morgan fingerprint density at radius 3 is 2.50 bits per heavy atom. The molecule has 0 N–H and O–H groups in total. The standard InChI is InChI=1S/C25H28N2O2S/c1-3-29-22-17-11-10-16-21(22)27(24(28)20-14-8-5-9-15-20)25-26-23(18(2)30-25)19-12-6-4-7-13-19/h4,6-7,10-13,16-17,20H,3,5,8-9,14-15H2,1-2H3. The second-order valence-electron chi connectivity index (χ2n) is 7.68. The number of carbonyl (C=O) groups excluding carboxylic acids is 1.